The summed E-state index contributed by atoms with van der Waals surface area (Å²) in [5, 5.41) is 2.07. The molecule has 0 saturated carbocycles. The van der Waals surface area contributed by atoms with Crippen molar-refractivity contribution in [2.75, 3.05) is 13.1 Å². The van der Waals surface area contributed by atoms with Crippen LogP contribution in [0, 0.1) is 5.92 Å². The van der Waals surface area contributed by atoms with Crippen LogP contribution in [0.1, 0.15) is 30.3 Å². The first-order valence-electron chi connectivity index (χ1n) is 6.49. The van der Waals surface area contributed by atoms with E-state index in [0.29, 0.717) is 5.92 Å². The minimum atomic E-state index is 0.187. The molecule has 2 aromatic rings. The zero-order valence-electron chi connectivity index (χ0n) is 10.8. The van der Waals surface area contributed by atoms with E-state index in [4.69, 9.17) is 0 Å². The van der Waals surface area contributed by atoms with Crippen LogP contribution in [-0.4, -0.2) is 28.5 Å². The molecule has 1 amide bonds. The van der Waals surface area contributed by atoms with Crippen molar-refractivity contribution in [2.45, 2.75) is 19.8 Å². The molecule has 3 heterocycles. The zero-order chi connectivity index (χ0) is 12.7. The third-order valence-electron chi connectivity index (χ3n) is 3.83. The van der Waals surface area contributed by atoms with Gasteiger partial charge in [-0.2, -0.15) is 0 Å². The number of aromatic nitrogens is 1. The van der Waals surface area contributed by atoms with Crippen molar-refractivity contribution in [3.8, 4) is 0 Å². The molecule has 18 heavy (non-hydrogen) atoms. The predicted molar refractivity (Wildman–Crippen MR) is 75.1 cm³/mol. The van der Waals surface area contributed by atoms with E-state index < -0.39 is 0 Å². The third kappa shape index (κ3) is 1.85. The summed E-state index contributed by atoms with van der Waals surface area (Å²) >= 11 is 1.70. The van der Waals surface area contributed by atoms with Crippen LogP contribution in [0.25, 0.3) is 10.2 Å². The molecule has 0 aromatic carbocycles. The third-order valence-corrected chi connectivity index (χ3v) is 4.68. The van der Waals surface area contributed by atoms with Crippen molar-refractivity contribution < 1.29 is 4.79 Å². The van der Waals surface area contributed by atoms with E-state index >= 15 is 0 Å². The lowest BCUT2D eigenvalue weighted by atomic mass is 10.00. The Morgan fingerprint density at radius 2 is 2.33 bits per heavy atom. The number of piperidine rings is 1. The Balaban J connectivity index is 1.91. The second-order valence-electron chi connectivity index (χ2n) is 5.26. The lowest BCUT2D eigenvalue weighted by molar-refractivity contribution is 0.0674. The van der Waals surface area contributed by atoms with Crippen molar-refractivity contribution in [1.82, 2.24) is 9.47 Å². The number of rotatable bonds is 1. The lowest BCUT2D eigenvalue weighted by Crippen LogP contribution is -2.39. The Morgan fingerprint density at radius 3 is 3.06 bits per heavy atom. The maximum absolute atomic E-state index is 12.5. The van der Waals surface area contributed by atoms with Gasteiger partial charge in [-0.05, 0) is 36.3 Å². The molecule has 0 bridgehead atoms. The highest BCUT2D eigenvalue weighted by Crippen LogP contribution is 2.26. The smallest absolute Gasteiger partial charge is 0.270 e. The summed E-state index contributed by atoms with van der Waals surface area (Å²) in [5.74, 6) is 0.816. The highest BCUT2D eigenvalue weighted by molar-refractivity contribution is 7.17. The number of hydrogen-bond donors (Lipinski definition) is 0. The van der Waals surface area contributed by atoms with E-state index in [-0.39, 0.29) is 5.91 Å². The summed E-state index contributed by atoms with van der Waals surface area (Å²) in [6, 6.07) is 4.11. The molecule has 96 valence electrons. The van der Waals surface area contributed by atoms with Gasteiger partial charge in [-0.15, -0.1) is 11.3 Å². The van der Waals surface area contributed by atoms with Crippen LogP contribution in [0.2, 0.25) is 0 Å². The zero-order valence-corrected chi connectivity index (χ0v) is 11.7. The quantitative estimate of drug-likeness (QED) is 0.775. The molecule has 0 N–H and O–H groups in total. The fourth-order valence-corrected chi connectivity index (χ4v) is 3.64. The minimum absolute atomic E-state index is 0.187. The average molecular weight is 262 g/mol. The summed E-state index contributed by atoms with van der Waals surface area (Å²) in [6.07, 6.45) is 2.37. The Bertz CT molecular complexity index is 584. The first-order valence-corrected chi connectivity index (χ1v) is 7.37. The number of amides is 1. The van der Waals surface area contributed by atoms with Crippen LogP contribution in [0.5, 0.6) is 0 Å². The van der Waals surface area contributed by atoms with E-state index in [0.717, 1.165) is 30.7 Å². The standard InChI is InChI=1S/C14H18N2OS/c1-10-4-3-6-16(9-10)14(17)12-8-13-11(15(12)2)5-7-18-13/h5,7-8,10H,3-4,6,9H2,1-2H3. The van der Waals surface area contributed by atoms with Crippen molar-refractivity contribution in [1.29, 1.82) is 0 Å². The summed E-state index contributed by atoms with van der Waals surface area (Å²) in [5.41, 5.74) is 1.99. The maximum atomic E-state index is 12.5. The van der Waals surface area contributed by atoms with Crippen LogP contribution in [0.15, 0.2) is 17.5 Å². The molecule has 1 aliphatic rings. The van der Waals surface area contributed by atoms with Crippen LogP contribution in [0.3, 0.4) is 0 Å². The van der Waals surface area contributed by atoms with Crippen molar-refractivity contribution in [3.63, 3.8) is 0 Å². The summed E-state index contributed by atoms with van der Waals surface area (Å²) in [6.45, 7) is 4.03. The van der Waals surface area contributed by atoms with Gasteiger partial charge in [0, 0.05) is 20.1 Å². The Morgan fingerprint density at radius 1 is 1.50 bits per heavy atom. The van der Waals surface area contributed by atoms with Gasteiger partial charge in [-0.3, -0.25) is 4.79 Å². The number of carbonyl (C=O) groups is 1. The molecule has 2 aromatic heterocycles. The van der Waals surface area contributed by atoms with Gasteiger partial charge >= 0.3 is 0 Å². The van der Waals surface area contributed by atoms with E-state index in [2.05, 4.69) is 18.4 Å². The van der Waals surface area contributed by atoms with Crippen molar-refractivity contribution in [2.24, 2.45) is 13.0 Å². The molecule has 1 unspecified atom stereocenters. The van der Waals surface area contributed by atoms with Gasteiger partial charge in [0.2, 0.25) is 0 Å². The Labute approximate surface area is 111 Å². The fraction of sp³-hybridized carbons (Fsp3) is 0.500. The molecule has 1 saturated heterocycles. The van der Waals surface area contributed by atoms with Gasteiger partial charge in [0.1, 0.15) is 5.69 Å². The van der Waals surface area contributed by atoms with Crippen molar-refractivity contribution in [3.05, 3.63) is 23.2 Å². The number of fused-ring (bicyclic) bond motifs is 1. The molecule has 0 radical (unpaired) electrons. The fourth-order valence-electron chi connectivity index (χ4n) is 2.79. The molecule has 0 spiro atoms. The van der Waals surface area contributed by atoms with Gasteiger partial charge in [0.25, 0.3) is 5.91 Å². The first-order chi connectivity index (χ1) is 8.66. The van der Waals surface area contributed by atoms with E-state index in [1.807, 2.05) is 22.6 Å². The van der Waals surface area contributed by atoms with Crippen LogP contribution in [0.4, 0.5) is 0 Å². The molecule has 1 atom stereocenters. The van der Waals surface area contributed by atoms with Gasteiger partial charge in [-0.1, -0.05) is 6.92 Å². The summed E-state index contributed by atoms with van der Waals surface area (Å²) in [7, 11) is 1.98. The number of hydrogen-bond acceptors (Lipinski definition) is 2. The van der Waals surface area contributed by atoms with Crippen molar-refractivity contribution >= 4 is 27.5 Å². The average Bonchev–Trinajstić information content (AvgIpc) is 2.92. The van der Waals surface area contributed by atoms with Gasteiger partial charge < -0.3 is 9.47 Å². The Hall–Kier alpha value is -1.29. The molecular weight excluding hydrogens is 244 g/mol. The second kappa shape index (κ2) is 4.43. The van der Waals surface area contributed by atoms with Crippen LogP contribution in [-0.2, 0) is 7.05 Å². The number of thiophene rings is 1. The monoisotopic (exact) mass is 262 g/mol. The molecule has 0 aliphatic carbocycles. The second-order valence-corrected chi connectivity index (χ2v) is 6.20. The van der Waals surface area contributed by atoms with E-state index in [1.165, 1.54) is 11.1 Å². The van der Waals surface area contributed by atoms with Crippen LogP contribution < -0.4 is 0 Å². The SMILES string of the molecule is CC1CCCN(C(=O)c2cc3sccc3n2C)C1. The van der Waals surface area contributed by atoms with E-state index in [1.54, 1.807) is 11.3 Å². The van der Waals surface area contributed by atoms with Gasteiger partial charge in [0.15, 0.2) is 0 Å². The number of aryl methyl sites for hydroxylation is 1. The molecule has 4 heteroatoms. The van der Waals surface area contributed by atoms with Gasteiger partial charge in [-0.25, -0.2) is 0 Å². The van der Waals surface area contributed by atoms with Crippen LogP contribution >= 0.6 is 11.3 Å². The summed E-state index contributed by atoms with van der Waals surface area (Å²) in [4.78, 5) is 14.6. The lowest BCUT2D eigenvalue weighted by Gasteiger charge is -2.31. The maximum Gasteiger partial charge on any atom is 0.270 e. The minimum Gasteiger partial charge on any atom is -0.339 e. The number of nitrogens with zero attached hydrogens (tertiary/aromatic N) is 2. The predicted octanol–water partition coefficient (Wildman–Crippen LogP) is 3.11. The normalized spacial score (nSPS) is 20.6. The largest absolute Gasteiger partial charge is 0.339 e. The van der Waals surface area contributed by atoms with Gasteiger partial charge in [0.05, 0.1) is 10.2 Å². The topological polar surface area (TPSA) is 25.2 Å². The molecule has 1 fully saturated rings. The molecular formula is C14H18N2OS. The number of carbonyl (C=O) groups excluding carboxylic acids is 1. The highest BCUT2D eigenvalue weighted by atomic mass is 32.1. The highest BCUT2D eigenvalue weighted by Gasteiger charge is 2.24. The first kappa shape index (κ1) is 11.8. The Kier molecular flexibility index (Phi) is 2.90. The number of likely N-dealkylation sites (tertiary alicyclic amines) is 1. The van der Waals surface area contributed by atoms with E-state index in [9.17, 15) is 4.79 Å². The molecule has 3 nitrogen and oxygen atoms in total. The summed E-state index contributed by atoms with van der Waals surface area (Å²) < 4.78 is 3.22. The molecule has 3 rings (SSSR count). The molecule has 1 aliphatic heterocycles.